The van der Waals surface area contributed by atoms with Gasteiger partial charge in [0.05, 0.1) is 12.2 Å². The Labute approximate surface area is 98.6 Å². The van der Waals surface area contributed by atoms with Crippen LogP contribution in [0.5, 0.6) is 0 Å². The van der Waals surface area contributed by atoms with Gasteiger partial charge in [-0.1, -0.05) is 31.2 Å². The van der Waals surface area contributed by atoms with E-state index in [0.717, 1.165) is 0 Å². The molecule has 0 aromatic carbocycles. The first-order valence-electron chi connectivity index (χ1n) is 6.54. The van der Waals surface area contributed by atoms with Crippen LogP contribution in [0.3, 0.4) is 0 Å². The van der Waals surface area contributed by atoms with E-state index in [1.54, 1.807) is 0 Å². The average Bonchev–Trinajstić information content (AvgIpc) is 2.93. The van der Waals surface area contributed by atoms with Gasteiger partial charge in [-0.2, -0.15) is 0 Å². The summed E-state index contributed by atoms with van der Waals surface area (Å²) in [5.41, 5.74) is 3.24. The second-order valence-corrected chi connectivity index (χ2v) is 6.18. The largest absolute Gasteiger partial charge is 0.369 e. The monoisotopic (exact) mass is 218 g/mol. The molecule has 1 aliphatic heterocycles. The maximum absolute atomic E-state index is 5.67. The van der Waals surface area contributed by atoms with E-state index in [0.29, 0.717) is 29.5 Å². The SMILES string of the molecule is C=C(C)[C@H]1CCC(=C)[C@]2(CC3OC3[C@H]2C)C1. The second kappa shape index (κ2) is 3.22. The zero-order chi connectivity index (χ0) is 11.5. The Bertz CT molecular complexity index is 356. The highest BCUT2D eigenvalue weighted by atomic mass is 16.6. The lowest BCUT2D eigenvalue weighted by atomic mass is 9.61. The smallest absolute Gasteiger partial charge is 0.0876 e. The summed E-state index contributed by atoms with van der Waals surface area (Å²) >= 11 is 0. The minimum Gasteiger partial charge on any atom is -0.369 e. The average molecular weight is 218 g/mol. The molecule has 3 rings (SSSR count). The van der Waals surface area contributed by atoms with Gasteiger partial charge in [0, 0.05) is 0 Å². The molecule has 0 N–H and O–H groups in total. The molecule has 1 heterocycles. The molecule has 16 heavy (non-hydrogen) atoms. The van der Waals surface area contributed by atoms with E-state index in [2.05, 4.69) is 27.0 Å². The van der Waals surface area contributed by atoms with Crippen LogP contribution in [0.1, 0.15) is 39.5 Å². The molecule has 0 aromatic heterocycles. The van der Waals surface area contributed by atoms with Gasteiger partial charge < -0.3 is 4.74 Å². The van der Waals surface area contributed by atoms with Gasteiger partial charge in [-0.3, -0.25) is 0 Å². The van der Waals surface area contributed by atoms with Crippen LogP contribution in [0.15, 0.2) is 24.3 Å². The molecule has 0 amide bonds. The minimum absolute atomic E-state index is 0.384. The highest BCUT2D eigenvalue weighted by molar-refractivity contribution is 5.26. The highest BCUT2D eigenvalue weighted by Gasteiger charge is 2.62. The lowest BCUT2D eigenvalue weighted by Crippen LogP contribution is -2.36. The van der Waals surface area contributed by atoms with E-state index < -0.39 is 0 Å². The summed E-state index contributed by atoms with van der Waals surface area (Å²) in [5.74, 6) is 1.39. The van der Waals surface area contributed by atoms with Crippen molar-refractivity contribution in [2.45, 2.75) is 51.7 Å². The van der Waals surface area contributed by atoms with E-state index in [1.165, 1.54) is 36.8 Å². The molecule has 0 bridgehead atoms. The number of rotatable bonds is 1. The number of ether oxygens (including phenoxy) is 1. The van der Waals surface area contributed by atoms with Crippen molar-refractivity contribution in [1.29, 1.82) is 0 Å². The summed E-state index contributed by atoms with van der Waals surface area (Å²) in [6.45, 7) is 13.1. The van der Waals surface area contributed by atoms with E-state index in [9.17, 15) is 0 Å². The zero-order valence-corrected chi connectivity index (χ0v) is 10.5. The lowest BCUT2D eigenvalue weighted by molar-refractivity contribution is 0.0982. The molecular weight excluding hydrogens is 196 g/mol. The van der Waals surface area contributed by atoms with Crippen LogP contribution >= 0.6 is 0 Å². The molecule has 3 fully saturated rings. The second-order valence-electron chi connectivity index (χ2n) is 6.18. The number of fused-ring (bicyclic) bond motifs is 1. The van der Waals surface area contributed by atoms with Gasteiger partial charge in [0.25, 0.3) is 0 Å². The van der Waals surface area contributed by atoms with Gasteiger partial charge in [0.1, 0.15) is 0 Å². The summed E-state index contributed by atoms with van der Waals surface area (Å²) < 4.78 is 5.67. The molecular formula is C15H22O. The van der Waals surface area contributed by atoms with Gasteiger partial charge in [0.15, 0.2) is 0 Å². The fourth-order valence-electron chi connectivity index (χ4n) is 4.06. The number of allylic oxidation sites excluding steroid dienone is 2. The predicted molar refractivity (Wildman–Crippen MR) is 66.2 cm³/mol. The van der Waals surface area contributed by atoms with Crippen LogP contribution in [0.2, 0.25) is 0 Å². The van der Waals surface area contributed by atoms with Crippen LogP contribution in [0, 0.1) is 17.3 Å². The van der Waals surface area contributed by atoms with Gasteiger partial charge in [-0.05, 0) is 49.9 Å². The molecule has 5 atom stereocenters. The Morgan fingerprint density at radius 2 is 2.19 bits per heavy atom. The number of hydrogen-bond acceptors (Lipinski definition) is 1. The predicted octanol–water partition coefficient (Wildman–Crippen LogP) is 3.71. The van der Waals surface area contributed by atoms with E-state index in [1.807, 2.05) is 0 Å². The Kier molecular flexibility index (Phi) is 2.13. The van der Waals surface area contributed by atoms with Crippen molar-refractivity contribution < 1.29 is 4.74 Å². The molecule has 1 heteroatoms. The van der Waals surface area contributed by atoms with E-state index in [4.69, 9.17) is 4.74 Å². The Hall–Kier alpha value is -0.560. The first-order valence-corrected chi connectivity index (χ1v) is 6.54. The highest BCUT2D eigenvalue weighted by Crippen LogP contribution is 2.63. The van der Waals surface area contributed by atoms with Gasteiger partial charge in [-0.25, -0.2) is 0 Å². The molecule has 2 saturated carbocycles. The third-order valence-electron chi connectivity index (χ3n) is 5.36. The molecule has 0 aromatic rings. The summed E-state index contributed by atoms with van der Waals surface area (Å²) in [6.07, 6.45) is 6.05. The molecule has 3 aliphatic rings. The number of epoxide rings is 1. The van der Waals surface area contributed by atoms with Gasteiger partial charge in [-0.15, -0.1) is 0 Å². The third kappa shape index (κ3) is 1.27. The van der Waals surface area contributed by atoms with E-state index in [-0.39, 0.29) is 0 Å². The summed E-state index contributed by atoms with van der Waals surface area (Å²) in [5, 5.41) is 0. The van der Waals surface area contributed by atoms with Crippen molar-refractivity contribution in [3.05, 3.63) is 24.3 Å². The van der Waals surface area contributed by atoms with Crippen molar-refractivity contribution in [3.63, 3.8) is 0 Å². The summed E-state index contributed by atoms with van der Waals surface area (Å²) in [7, 11) is 0. The molecule has 0 radical (unpaired) electrons. The first-order chi connectivity index (χ1) is 7.54. The topological polar surface area (TPSA) is 12.5 Å². The van der Waals surface area contributed by atoms with Crippen molar-refractivity contribution in [2.24, 2.45) is 17.3 Å². The van der Waals surface area contributed by atoms with Crippen LogP contribution in [0.25, 0.3) is 0 Å². The van der Waals surface area contributed by atoms with Crippen LogP contribution in [-0.2, 0) is 4.74 Å². The quantitative estimate of drug-likeness (QED) is 0.483. The van der Waals surface area contributed by atoms with Gasteiger partial charge >= 0.3 is 0 Å². The maximum atomic E-state index is 5.67. The molecule has 1 nitrogen and oxygen atoms in total. The van der Waals surface area contributed by atoms with E-state index >= 15 is 0 Å². The fourth-order valence-corrected chi connectivity index (χ4v) is 4.06. The maximum Gasteiger partial charge on any atom is 0.0876 e. The molecule has 1 spiro atoms. The van der Waals surface area contributed by atoms with Crippen molar-refractivity contribution >= 4 is 0 Å². The van der Waals surface area contributed by atoms with Gasteiger partial charge in [0.2, 0.25) is 0 Å². The Morgan fingerprint density at radius 1 is 1.44 bits per heavy atom. The summed E-state index contributed by atoms with van der Waals surface area (Å²) in [6, 6.07) is 0. The standard InChI is InChI=1S/C15H22O/c1-9(2)12-6-5-10(3)15(7-12)8-13-14(16-13)11(15)4/h11-14H,1,3,5-8H2,2,4H3/t11-,12+,13?,14?,15-/m1/s1. The van der Waals surface area contributed by atoms with Crippen LogP contribution in [-0.4, -0.2) is 12.2 Å². The zero-order valence-electron chi connectivity index (χ0n) is 10.5. The lowest BCUT2D eigenvalue weighted by Gasteiger charge is -2.44. The normalized spacial score (nSPS) is 50.5. The van der Waals surface area contributed by atoms with Crippen LogP contribution < -0.4 is 0 Å². The van der Waals surface area contributed by atoms with Crippen molar-refractivity contribution in [2.75, 3.05) is 0 Å². The molecule has 2 unspecified atom stereocenters. The minimum atomic E-state index is 0.384. The summed E-state index contributed by atoms with van der Waals surface area (Å²) in [4.78, 5) is 0. The molecule has 2 aliphatic carbocycles. The first kappa shape index (κ1) is 10.6. The Balaban J connectivity index is 1.87. The van der Waals surface area contributed by atoms with Crippen molar-refractivity contribution in [1.82, 2.24) is 0 Å². The fraction of sp³-hybridized carbons (Fsp3) is 0.733. The molecule has 1 saturated heterocycles. The molecule has 88 valence electrons. The van der Waals surface area contributed by atoms with Crippen molar-refractivity contribution in [3.8, 4) is 0 Å². The Morgan fingerprint density at radius 3 is 2.75 bits per heavy atom. The van der Waals surface area contributed by atoms with Crippen LogP contribution in [0.4, 0.5) is 0 Å². The number of hydrogen-bond donors (Lipinski definition) is 0. The third-order valence-corrected chi connectivity index (χ3v) is 5.36.